The number of benzene rings is 1. The molecule has 1 aromatic carbocycles. The summed E-state index contributed by atoms with van der Waals surface area (Å²) < 4.78 is 10.7. The van der Waals surface area contributed by atoms with Crippen molar-refractivity contribution in [1.82, 2.24) is 5.32 Å². The zero-order chi connectivity index (χ0) is 15.0. The van der Waals surface area contributed by atoms with Gasteiger partial charge in [-0.25, -0.2) is 0 Å². The normalized spacial score (nSPS) is 11.8. The molecule has 0 fully saturated rings. The molecule has 0 bridgehead atoms. The Balaban J connectivity index is 2.58. The second kappa shape index (κ2) is 8.35. The summed E-state index contributed by atoms with van der Waals surface area (Å²) in [6.07, 6.45) is 1.09. The molecule has 1 rings (SSSR count). The third kappa shape index (κ3) is 5.03. The Morgan fingerprint density at radius 2 is 2.25 bits per heavy atom. The highest BCUT2D eigenvalue weighted by molar-refractivity contribution is 5.94. The van der Waals surface area contributed by atoms with Crippen LogP contribution in [-0.2, 0) is 0 Å². The Bertz CT molecular complexity index is 459. The molecule has 0 aliphatic rings. The molecule has 1 atom stereocenters. The van der Waals surface area contributed by atoms with Crippen LogP contribution in [0.15, 0.2) is 30.9 Å². The van der Waals surface area contributed by atoms with Crippen molar-refractivity contribution in [3.05, 3.63) is 36.4 Å². The molecule has 0 aromatic heterocycles. The summed E-state index contributed by atoms with van der Waals surface area (Å²) in [5.74, 6) is 0.938. The van der Waals surface area contributed by atoms with Gasteiger partial charge >= 0.3 is 0 Å². The van der Waals surface area contributed by atoms with E-state index in [0.717, 1.165) is 0 Å². The van der Waals surface area contributed by atoms with Gasteiger partial charge in [-0.15, -0.1) is 6.58 Å². The van der Waals surface area contributed by atoms with Crippen molar-refractivity contribution in [1.29, 1.82) is 0 Å². The predicted molar refractivity (Wildman–Crippen MR) is 77.6 cm³/mol. The minimum absolute atomic E-state index is 0.0384. The van der Waals surface area contributed by atoms with Crippen LogP contribution in [-0.4, -0.2) is 43.8 Å². The molecule has 0 saturated carbocycles. The zero-order valence-corrected chi connectivity index (χ0v) is 11.9. The van der Waals surface area contributed by atoms with Crippen molar-refractivity contribution in [2.24, 2.45) is 0 Å². The maximum absolute atomic E-state index is 11.3. The van der Waals surface area contributed by atoms with Gasteiger partial charge in [0.25, 0.3) is 0 Å². The standard InChI is InChI=1S/C15H21NO4/c1-4-7-16-9-13(18)10-20-14-6-5-12(11(2)17)8-15(14)19-3/h4-6,8,13,16,18H,1,7,9-10H2,2-3H3/t13-/m0/s1. The molecule has 0 spiro atoms. The number of carbonyl (C=O) groups is 1. The van der Waals surface area contributed by atoms with E-state index in [2.05, 4.69) is 11.9 Å². The first-order valence-corrected chi connectivity index (χ1v) is 6.40. The topological polar surface area (TPSA) is 67.8 Å². The number of ether oxygens (including phenoxy) is 2. The monoisotopic (exact) mass is 279 g/mol. The first kappa shape index (κ1) is 16.2. The summed E-state index contributed by atoms with van der Waals surface area (Å²) in [4.78, 5) is 11.3. The van der Waals surface area contributed by atoms with E-state index in [-0.39, 0.29) is 12.4 Å². The van der Waals surface area contributed by atoms with Gasteiger partial charge in [-0.3, -0.25) is 4.79 Å². The summed E-state index contributed by atoms with van der Waals surface area (Å²) in [5, 5.41) is 12.7. The number of hydrogen-bond donors (Lipinski definition) is 2. The maximum atomic E-state index is 11.3. The van der Waals surface area contributed by atoms with E-state index in [4.69, 9.17) is 9.47 Å². The van der Waals surface area contributed by atoms with E-state index in [0.29, 0.717) is 30.2 Å². The predicted octanol–water partition coefficient (Wildman–Crippen LogP) is 1.41. The van der Waals surface area contributed by atoms with E-state index < -0.39 is 6.10 Å². The van der Waals surface area contributed by atoms with Gasteiger partial charge in [0.15, 0.2) is 17.3 Å². The SMILES string of the molecule is C=CCNC[C@H](O)COc1ccc(C(C)=O)cc1OC. The van der Waals surface area contributed by atoms with Crippen molar-refractivity contribution in [3.63, 3.8) is 0 Å². The molecule has 0 aliphatic carbocycles. The lowest BCUT2D eigenvalue weighted by atomic mass is 10.1. The van der Waals surface area contributed by atoms with E-state index in [1.165, 1.54) is 14.0 Å². The Kier molecular flexibility index (Phi) is 6.76. The molecule has 0 heterocycles. The molecular weight excluding hydrogens is 258 g/mol. The summed E-state index contributed by atoms with van der Waals surface area (Å²) in [6.45, 7) is 6.26. The van der Waals surface area contributed by atoms with Gasteiger partial charge in [0.05, 0.1) is 7.11 Å². The quantitative estimate of drug-likeness (QED) is 0.406. The van der Waals surface area contributed by atoms with Gasteiger partial charge in [-0.2, -0.15) is 0 Å². The number of aliphatic hydroxyl groups is 1. The molecule has 0 amide bonds. The molecular formula is C15H21NO4. The second-order valence-corrected chi connectivity index (χ2v) is 4.33. The van der Waals surface area contributed by atoms with E-state index in [1.807, 2.05) is 0 Å². The van der Waals surface area contributed by atoms with Crippen LogP contribution in [0.3, 0.4) is 0 Å². The number of hydrogen-bond acceptors (Lipinski definition) is 5. The van der Waals surface area contributed by atoms with Gasteiger partial charge in [-0.1, -0.05) is 6.08 Å². The van der Waals surface area contributed by atoms with Crippen molar-refractivity contribution < 1.29 is 19.4 Å². The van der Waals surface area contributed by atoms with E-state index >= 15 is 0 Å². The highest BCUT2D eigenvalue weighted by Crippen LogP contribution is 2.28. The van der Waals surface area contributed by atoms with Crippen LogP contribution in [0.4, 0.5) is 0 Å². The minimum atomic E-state index is -0.632. The summed E-state index contributed by atoms with van der Waals surface area (Å²) >= 11 is 0. The summed E-state index contributed by atoms with van der Waals surface area (Å²) in [7, 11) is 1.51. The maximum Gasteiger partial charge on any atom is 0.161 e. The molecule has 1 aromatic rings. The molecule has 20 heavy (non-hydrogen) atoms. The van der Waals surface area contributed by atoms with Crippen LogP contribution in [0, 0.1) is 0 Å². The number of nitrogens with one attached hydrogen (secondary N) is 1. The van der Waals surface area contributed by atoms with Gasteiger partial charge in [0, 0.05) is 18.7 Å². The number of ketones is 1. The third-order valence-corrected chi connectivity index (χ3v) is 2.67. The average Bonchev–Trinajstić information content (AvgIpc) is 2.45. The molecule has 0 unspecified atom stereocenters. The lowest BCUT2D eigenvalue weighted by Crippen LogP contribution is -2.31. The van der Waals surface area contributed by atoms with Gasteiger partial charge in [0.1, 0.15) is 12.7 Å². The fourth-order valence-corrected chi connectivity index (χ4v) is 1.60. The number of Topliss-reactive ketones (excluding diaryl/α,β-unsaturated/α-hetero) is 1. The largest absolute Gasteiger partial charge is 0.493 e. The van der Waals surface area contributed by atoms with Crippen molar-refractivity contribution in [2.45, 2.75) is 13.0 Å². The Morgan fingerprint density at radius 3 is 2.85 bits per heavy atom. The highest BCUT2D eigenvalue weighted by atomic mass is 16.5. The number of aliphatic hydroxyl groups excluding tert-OH is 1. The van der Waals surface area contributed by atoms with Gasteiger partial charge in [0.2, 0.25) is 0 Å². The fourth-order valence-electron chi connectivity index (χ4n) is 1.60. The third-order valence-electron chi connectivity index (χ3n) is 2.67. The Labute approximate surface area is 119 Å². The molecule has 0 aliphatic heterocycles. The van der Waals surface area contributed by atoms with Crippen LogP contribution < -0.4 is 14.8 Å². The van der Waals surface area contributed by atoms with Crippen LogP contribution in [0.2, 0.25) is 0 Å². The fraction of sp³-hybridized carbons (Fsp3) is 0.400. The van der Waals surface area contributed by atoms with Gasteiger partial charge in [-0.05, 0) is 25.1 Å². The van der Waals surface area contributed by atoms with Crippen molar-refractivity contribution in [3.8, 4) is 11.5 Å². The van der Waals surface area contributed by atoms with Crippen molar-refractivity contribution in [2.75, 3.05) is 26.8 Å². The first-order chi connectivity index (χ1) is 9.58. The van der Waals surface area contributed by atoms with E-state index in [1.54, 1.807) is 24.3 Å². The molecule has 5 nitrogen and oxygen atoms in total. The second-order valence-electron chi connectivity index (χ2n) is 4.33. The molecule has 0 radical (unpaired) electrons. The summed E-state index contributed by atoms with van der Waals surface area (Å²) in [6, 6.07) is 4.96. The van der Waals surface area contributed by atoms with Crippen LogP contribution >= 0.6 is 0 Å². The molecule has 5 heteroatoms. The number of carbonyl (C=O) groups excluding carboxylic acids is 1. The van der Waals surface area contributed by atoms with Gasteiger partial charge < -0.3 is 19.9 Å². The van der Waals surface area contributed by atoms with Crippen LogP contribution in [0.1, 0.15) is 17.3 Å². The number of rotatable bonds is 9. The Morgan fingerprint density at radius 1 is 1.50 bits per heavy atom. The zero-order valence-electron chi connectivity index (χ0n) is 11.9. The lowest BCUT2D eigenvalue weighted by Gasteiger charge is -2.15. The molecule has 110 valence electrons. The Hall–Kier alpha value is -1.85. The van der Waals surface area contributed by atoms with Crippen LogP contribution in [0.25, 0.3) is 0 Å². The lowest BCUT2D eigenvalue weighted by molar-refractivity contribution is 0.101. The average molecular weight is 279 g/mol. The minimum Gasteiger partial charge on any atom is -0.493 e. The van der Waals surface area contributed by atoms with Crippen molar-refractivity contribution >= 4 is 5.78 Å². The smallest absolute Gasteiger partial charge is 0.161 e. The van der Waals surface area contributed by atoms with Crippen LogP contribution in [0.5, 0.6) is 11.5 Å². The molecule has 0 saturated heterocycles. The molecule has 2 N–H and O–H groups in total. The summed E-state index contributed by atoms with van der Waals surface area (Å²) in [5.41, 5.74) is 0.558. The highest BCUT2D eigenvalue weighted by Gasteiger charge is 2.10. The van der Waals surface area contributed by atoms with E-state index in [9.17, 15) is 9.90 Å². The first-order valence-electron chi connectivity index (χ1n) is 6.40. The number of methoxy groups -OCH3 is 1.